The number of aromatic hydroxyl groups is 1. The summed E-state index contributed by atoms with van der Waals surface area (Å²) in [7, 11) is 0. The number of fused-ring (bicyclic) bond motifs is 5. The number of hydrogen-bond donors (Lipinski definition) is 3. The molecule has 3 amide bonds. The highest BCUT2D eigenvalue weighted by Crippen LogP contribution is 2.54. The zero-order valence-electron chi connectivity index (χ0n) is 19.9. The van der Waals surface area contributed by atoms with E-state index in [0.717, 1.165) is 5.56 Å². The maximum Gasteiger partial charge on any atom is 0.250 e. The lowest BCUT2D eigenvalue weighted by molar-refractivity contribution is -0.143. The number of phenols is 1. The molecule has 0 saturated carbocycles. The van der Waals surface area contributed by atoms with Gasteiger partial charge < -0.3 is 19.9 Å². The van der Waals surface area contributed by atoms with Crippen molar-refractivity contribution in [2.45, 2.75) is 24.5 Å². The van der Waals surface area contributed by atoms with Gasteiger partial charge in [0.1, 0.15) is 11.3 Å². The summed E-state index contributed by atoms with van der Waals surface area (Å²) in [6.45, 7) is 0.169. The van der Waals surface area contributed by atoms with Crippen LogP contribution in [0.25, 0.3) is 0 Å². The lowest BCUT2D eigenvalue weighted by atomic mass is 9.76. The number of amides is 3. The van der Waals surface area contributed by atoms with Crippen LogP contribution in [0.15, 0.2) is 60.7 Å². The van der Waals surface area contributed by atoms with Gasteiger partial charge in [-0.25, -0.2) is 0 Å². The molecule has 192 valence electrons. The van der Waals surface area contributed by atoms with Crippen LogP contribution in [0.2, 0.25) is 5.02 Å². The van der Waals surface area contributed by atoms with Crippen molar-refractivity contribution in [3.63, 3.8) is 0 Å². The smallest absolute Gasteiger partial charge is 0.250 e. The minimum Gasteiger partial charge on any atom is -0.508 e. The molecule has 3 aromatic carbocycles. The summed E-state index contributed by atoms with van der Waals surface area (Å²) in [4.78, 5) is 42.8. The van der Waals surface area contributed by atoms with Gasteiger partial charge in [0.15, 0.2) is 11.5 Å². The molecule has 0 bridgehead atoms. The summed E-state index contributed by atoms with van der Waals surface area (Å²) in [6, 6.07) is 16.5. The van der Waals surface area contributed by atoms with Crippen LogP contribution in [-0.2, 0) is 32.9 Å². The van der Waals surface area contributed by atoms with E-state index < -0.39 is 29.3 Å². The number of likely N-dealkylation sites (tertiary alicyclic amines) is 1. The Morgan fingerprint density at radius 2 is 1.71 bits per heavy atom. The highest BCUT2D eigenvalue weighted by Gasteiger charge is 2.70. The first-order valence-corrected chi connectivity index (χ1v) is 12.6. The van der Waals surface area contributed by atoms with Gasteiger partial charge in [-0.1, -0.05) is 29.8 Å². The van der Waals surface area contributed by atoms with E-state index in [0.29, 0.717) is 39.8 Å². The molecule has 2 fully saturated rings. The normalized spacial score (nSPS) is 26.7. The number of benzene rings is 3. The first-order chi connectivity index (χ1) is 18.3. The van der Waals surface area contributed by atoms with Gasteiger partial charge in [0.2, 0.25) is 24.5 Å². The van der Waals surface area contributed by atoms with Crippen LogP contribution in [0.5, 0.6) is 17.2 Å². The number of phenolic OH excluding ortho intramolecular Hbond substituents is 1. The highest BCUT2D eigenvalue weighted by atomic mass is 35.5. The van der Waals surface area contributed by atoms with Crippen LogP contribution in [0.3, 0.4) is 0 Å². The first-order valence-electron chi connectivity index (χ1n) is 12.3. The Morgan fingerprint density at radius 3 is 2.53 bits per heavy atom. The minimum atomic E-state index is -1.44. The monoisotopic (exact) mass is 531 g/mol. The molecular formula is C28H22ClN3O6. The molecule has 0 aromatic heterocycles. The molecule has 3 N–H and O–H groups in total. The van der Waals surface area contributed by atoms with Gasteiger partial charge in [-0.2, -0.15) is 0 Å². The topological polar surface area (TPSA) is 117 Å². The number of imide groups is 1. The molecular weight excluding hydrogens is 510 g/mol. The first kappa shape index (κ1) is 23.1. The Balaban J connectivity index is 1.30. The Bertz CT molecular complexity index is 1530. The zero-order chi connectivity index (χ0) is 26.2. The van der Waals surface area contributed by atoms with E-state index in [1.54, 1.807) is 60.7 Å². The van der Waals surface area contributed by atoms with Crippen LogP contribution in [0.4, 0.5) is 5.69 Å². The van der Waals surface area contributed by atoms with Crippen molar-refractivity contribution >= 4 is 35.0 Å². The molecule has 38 heavy (non-hydrogen) atoms. The fraction of sp³-hybridized carbons (Fsp3) is 0.250. The summed E-state index contributed by atoms with van der Waals surface area (Å²) < 4.78 is 10.8. The number of hydrogen-bond acceptors (Lipinski definition) is 7. The standard InChI is InChI=1S/C28H22ClN3O6/c29-16-4-7-19-18(11-16)28(27(36)30-19)24-23(20(31-28)9-14-1-5-17(33)6-2-14)25(34)32(26(24)35)12-15-3-8-21-22(10-15)38-13-37-21/h1-8,10-11,20,23-24,31,33H,9,12-13H2,(H,30,36)/t20?,23-,24+,28?/m1/s1. The molecule has 9 nitrogen and oxygen atoms in total. The molecule has 10 heteroatoms. The molecule has 0 aliphatic carbocycles. The average Bonchev–Trinajstić information content (AvgIpc) is 3.63. The number of nitrogens with one attached hydrogen (secondary N) is 2. The van der Waals surface area contributed by atoms with Crippen LogP contribution >= 0.6 is 11.6 Å². The SMILES string of the molecule is O=C1[C@@H]2C(Cc3ccc(O)cc3)NC3(C(=O)Nc4ccc(Cl)cc43)[C@@H]2C(=O)N1Cc1ccc2c(c1)OCO2. The van der Waals surface area contributed by atoms with E-state index in [-0.39, 0.29) is 30.9 Å². The number of nitrogens with zero attached hydrogens (tertiary/aromatic N) is 1. The largest absolute Gasteiger partial charge is 0.508 e. The Hall–Kier alpha value is -4.08. The van der Waals surface area contributed by atoms with Gasteiger partial charge in [-0.05, 0) is 60.0 Å². The van der Waals surface area contributed by atoms with E-state index in [2.05, 4.69) is 10.6 Å². The summed E-state index contributed by atoms with van der Waals surface area (Å²) in [5.41, 5.74) is 1.25. The van der Waals surface area contributed by atoms with Gasteiger partial charge >= 0.3 is 0 Å². The van der Waals surface area contributed by atoms with Gasteiger partial charge in [0.25, 0.3) is 0 Å². The van der Waals surface area contributed by atoms with Crippen molar-refractivity contribution < 1.29 is 29.0 Å². The fourth-order valence-corrected chi connectivity index (χ4v) is 6.44. The zero-order valence-corrected chi connectivity index (χ0v) is 20.7. The van der Waals surface area contributed by atoms with Gasteiger partial charge in [-0.3, -0.25) is 24.6 Å². The molecule has 4 aliphatic rings. The summed E-state index contributed by atoms with van der Waals surface area (Å²) in [5, 5.41) is 16.4. The van der Waals surface area contributed by atoms with Crippen LogP contribution in [-0.4, -0.2) is 40.6 Å². The van der Waals surface area contributed by atoms with E-state index in [1.165, 1.54) is 4.90 Å². The van der Waals surface area contributed by atoms with E-state index in [4.69, 9.17) is 21.1 Å². The Labute approximate surface area is 222 Å². The Kier molecular flexibility index (Phi) is 4.98. The fourth-order valence-electron chi connectivity index (χ4n) is 6.27. The summed E-state index contributed by atoms with van der Waals surface area (Å²) >= 11 is 6.33. The third-order valence-electron chi connectivity index (χ3n) is 7.94. The second-order valence-electron chi connectivity index (χ2n) is 10.0. The molecule has 4 aliphatic heterocycles. The number of carbonyl (C=O) groups is 3. The molecule has 2 saturated heterocycles. The number of rotatable bonds is 4. The van der Waals surface area contributed by atoms with Crippen LogP contribution in [0.1, 0.15) is 16.7 Å². The molecule has 4 heterocycles. The Morgan fingerprint density at radius 1 is 0.947 bits per heavy atom. The van der Waals surface area contributed by atoms with E-state index in [9.17, 15) is 19.5 Å². The molecule has 4 atom stereocenters. The van der Waals surface area contributed by atoms with Crippen molar-refractivity contribution in [3.05, 3.63) is 82.4 Å². The quantitative estimate of drug-likeness (QED) is 0.443. The predicted molar refractivity (Wildman–Crippen MR) is 136 cm³/mol. The minimum absolute atomic E-state index is 0.0489. The number of carbonyl (C=O) groups excluding carboxylic acids is 3. The van der Waals surface area contributed by atoms with Crippen molar-refractivity contribution in [1.82, 2.24) is 10.2 Å². The number of ether oxygens (including phenoxy) is 2. The third-order valence-corrected chi connectivity index (χ3v) is 8.17. The lowest BCUT2D eigenvalue weighted by Gasteiger charge is -2.29. The number of anilines is 1. The highest BCUT2D eigenvalue weighted by molar-refractivity contribution is 6.31. The van der Waals surface area contributed by atoms with Crippen molar-refractivity contribution in [3.8, 4) is 17.2 Å². The average molecular weight is 532 g/mol. The van der Waals surface area contributed by atoms with Crippen molar-refractivity contribution in [2.24, 2.45) is 11.8 Å². The molecule has 7 rings (SSSR count). The maximum atomic E-state index is 14.0. The van der Waals surface area contributed by atoms with Gasteiger partial charge in [0, 0.05) is 22.3 Å². The van der Waals surface area contributed by atoms with Crippen molar-refractivity contribution in [2.75, 3.05) is 12.1 Å². The second kappa shape index (κ2) is 8.21. The predicted octanol–water partition coefficient (Wildman–Crippen LogP) is 2.94. The van der Waals surface area contributed by atoms with Crippen molar-refractivity contribution in [1.29, 1.82) is 0 Å². The number of halogens is 1. The van der Waals surface area contributed by atoms with E-state index >= 15 is 0 Å². The molecule has 0 radical (unpaired) electrons. The summed E-state index contributed by atoms with van der Waals surface area (Å²) in [6.07, 6.45) is 0.378. The maximum absolute atomic E-state index is 14.0. The van der Waals surface area contributed by atoms with Crippen LogP contribution < -0.4 is 20.1 Å². The van der Waals surface area contributed by atoms with Gasteiger partial charge in [0.05, 0.1) is 18.4 Å². The lowest BCUT2D eigenvalue weighted by Crippen LogP contribution is -2.53. The van der Waals surface area contributed by atoms with Gasteiger partial charge in [-0.15, -0.1) is 0 Å². The summed E-state index contributed by atoms with van der Waals surface area (Å²) in [5.74, 6) is -1.57. The van der Waals surface area contributed by atoms with E-state index in [1.807, 2.05) is 0 Å². The third kappa shape index (κ3) is 3.25. The molecule has 1 spiro atoms. The molecule has 3 aromatic rings. The molecule has 2 unspecified atom stereocenters. The second-order valence-corrected chi connectivity index (χ2v) is 10.5. The van der Waals surface area contributed by atoms with Crippen LogP contribution in [0, 0.1) is 11.8 Å².